The number of para-hydroxylation sites is 1. The molecule has 1 aromatic carbocycles. The van der Waals surface area contributed by atoms with Crippen LogP contribution in [0, 0.1) is 5.92 Å². The Morgan fingerprint density at radius 3 is 2.96 bits per heavy atom. The van der Waals surface area contributed by atoms with E-state index in [1.54, 1.807) is 7.11 Å². The van der Waals surface area contributed by atoms with E-state index in [0.29, 0.717) is 6.61 Å². The van der Waals surface area contributed by atoms with Crippen molar-refractivity contribution in [2.45, 2.75) is 50.2 Å². The monoisotopic (exact) mass is 357 g/mol. The second-order valence-corrected chi connectivity index (χ2v) is 8.35. The summed E-state index contributed by atoms with van der Waals surface area (Å²) < 4.78 is 5.23. The van der Waals surface area contributed by atoms with Crippen LogP contribution in [-0.4, -0.2) is 48.6 Å². The van der Waals surface area contributed by atoms with E-state index in [-0.39, 0.29) is 17.9 Å². The third-order valence-electron chi connectivity index (χ3n) is 6.06. The third kappa shape index (κ3) is 2.39. The van der Waals surface area contributed by atoms with Gasteiger partial charge in [-0.15, -0.1) is 0 Å². The number of amides is 2. The van der Waals surface area contributed by atoms with Gasteiger partial charge in [-0.25, -0.2) is 0 Å². The minimum atomic E-state index is -0.884. The Balaban J connectivity index is 1.75. The van der Waals surface area contributed by atoms with Crippen molar-refractivity contribution in [2.75, 3.05) is 25.6 Å². The third-order valence-corrected chi connectivity index (χ3v) is 6.06. The molecule has 2 N–H and O–H groups in total. The fourth-order valence-corrected chi connectivity index (χ4v) is 5.20. The van der Waals surface area contributed by atoms with Crippen molar-refractivity contribution in [1.82, 2.24) is 10.2 Å². The van der Waals surface area contributed by atoms with Gasteiger partial charge in [0.1, 0.15) is 5.54 Å². The molecule has 1 aromatic rings. The number of benzene rings is 1. The fourth-order valence-electron chi connectivity index (χ4n) is 5.20. The lowest BCUT2D eigenvalue weighted by atomic mass is 9.78. The van der Waals surface area contributed by atoms with Crippen LogP contribution in [0.25, 0.3) is 0 Å². The lowest BCUT2D eigenvalue weighted by Gasteiger charge is -2.37. The van der Waals surface area contributed by atoms with Gasteiger partial charge in [0, 0.05) is 24.4 Å². The second-order valence-electron chi connectivity index (χ2n) is 8.35. The van der Waals surface area contributed by atoms with Crippen LogP contribution in [0.1, 0.15) is 38.7 Å². The molecule has 0 bridgehead atoms. The van der Waals surface area contributed by atoms with Crippen LogP contribution in [-0.2, 0) is 19.9 Å². The number of hydrogen-bond acceptors (Lipinski definition) is 4. The SMILES string of the molecule is COCC(C)(C)NC(=O)[C@@H]1C[C@H]2CCCN2[C@]12C(=O)Nc1ccccc12. The second kappa shape index (κ2) is 6.06. The van der Waals surface area contributed by atoms with Gasteiger partial charge in [0.2, 0.25) is 11.8 Å². The summed E-state index contributed by atoms with van der Waals surface area (Å²) in [6, 6.07) is 8.08. The van der Waals surface area contributed by atoms with Crippen molar-refractivity contribution >= 4 is 17.5 Å². The highest BCUT2D eigenvalue weighted by Crippen LogP contribution is 2.55. The Morgan fingerprint density at radius 2 is 2.19 bits per heavy atom. The Morgan fingerprint density at radius 1 is 1.42 bits per heavy atom. The van der Waals surface area contributed by atoms with Crippen molar-refractivity contribution < 1.29 is 14.3 Å². The summed E-state index contributed by atoms with van der Waals surface area (Å²) in [7, 11) is 1.63. The number of nitrogens with zero attached hydrogens (tertiary/aromatic N) is 1. The van der Waals surface area contributed by atoms with E-state index in [2.05, 4.69) is 15.5 Å². The topological polar surface area (TPSA) is 70.7 Å². The van der Waals surface area contributed by atoms with E-state index in [9.17, 15) is 9.59 Å². The van der Waals surface area contributed by atoms with E-state index < -0.39 is 17.0 Å². The number of nitrogens with one attached hydrogen (secondary N) is 2. The molecule has 0 saturated carbocycles. The molecule has 3 heterocycles. The highest BCUT2D eigenvalue weighted by atomic mass is 16.5. The maximum absolute atomic E-state index is 13.3. The van der Waals surface area contributed by atoms with E-state index >= 15 is 0 Å². The average Bonchev–Trinajstić information content (AvgIpc) is 3.22. The van der Waals surface area contributed by atoms with Gasteiger partial charge in [-0.2, -0.15) is 0 Å². The number of ether oxygens (including phenoxy) is 1. The number of hydrogen-bond donors (Lipinski definition) is 2. The molecule has 3 aliphatic rings. The van der Waals surface area contributed by atoms with Crippen molar-refractivity contribution in [3.05, 3.63) is 29.8 Å². The van der Waals surface area contributed by atoms with Gasteiger partial charge in [-0.05, 0) is 45.7 Å². The molecular formula is C20H27N3O3. The Labute approximate surface area is 154 Å². The van der Waals surface area contributed by atoms with E-state index in [1.807, 2.05) is 38.1 Å². The first kappa shape index (κ1) is 17.5. The number of rotatable bonds is 4. The number of carbonyl (C=O) groups is 2. The average molecular weight is 357 g/mol. The molecule has 6 heteroatoms. The van der Waals surface area contributed by atoms with Gasteiger partial charge in [0.05, 0.1) is 18.1 Å². The number of anilines is 1. The molecule has 26 heavy (non-hydrogen) atoms. The molecule has 3 aliphatic heterocycles. The summed E-state index contributed by atoms with van der Waals surface area (Å²) in [5, 5.41) is 6.15. The number of methoxy groups -OCH3 is 1. The van der Waals surface area contributed by atoms with Crippen molar-refractivity contribution in [3.63, 3.8) is 0 Å². The zero-order valence-corrected chi connectivity index (χ0v) is 15.7. The van der Waals surface area contributed by atoms with Gasteiger partial charge in [0.15, 0.2) is 0 Å². The minimum Gasteiger partial charge on any atom is -0.382 e. The van der Waals surface area contributed by atoms with E-state index in [4.69, 9.17) is 4.74 Å². The molecule has 2 saturated heterocycles. The Kier molecular flexibility index (Phi) is 4.08. The summed E-state index contributed by atoms with van der Waals surface area (Å²) in [6.07, 6.45) is 2.84. The molecule has 140 valence electrons. The van der Waals surface area contributed by atoms with Crippen LogP contribution in [0.15, 0.2) is 24.3 Å². The highest BCUT2D eigenvalue weighted by molar-refractivity contribution is 6.09. The van der Waals surface area contributed by atoms with E-state index in [1.165, 1.54) is 0 Å². The van der Waals surface area contributed by atoms with Crippen molar-refractivity contribution in [2.24, 2.45) is 5.92 Å². The van der Waals surface area contributed by atoms with E-state index in [0.717, 1.165) is 37.1 Å². The smallest absolute Gasteiger partial charge is 0.250 e. The first-order valence-corrected chi connectivity index (χ1v) is 9.39. The molecule has 0 unspecified atom stereocenters. The predicted octanol–water partition coefficient (Wildman–Crippen LogP) is 1.86. The molecule has 0 aromatic heterocycles. The van der Waals surface area contributed by atoms with Crippen molar-refractivity contribution in [1.29, 1.82) is 0 Å². The van der Waals surface area contributed by atoms with Crippen LogP contribution >= 0.6 is 0 Å². The maximum atomic E-state index is 13.3. The summed E-state index contributed by atoms with van der Waals surface area (Å²) in [5.41, 5.74) is 0.415. The zero-order valence-electron chi connectivity index (χ0n) is 15.7. The molecule has 6 nitrogen and oxygen atoms in total. The summed E-state index contributed by atoms with van der Waals surface area (Å²) >= 11 is 0. The quantitative estimate of drug-likeness (QED) is 0.863. The lowest BCUT2D eigenvalue weighted by Crippen LogP contribution is -2.57. The summed E-state index contributed by atoms with van der Waals surface area (Å²) in [5.74, 6) is -0.520. The normalized spacial score (nSPS) is 30.3. The summed E-state index contributed by atoms with van der Waals surface area (Å²) in [4.78, 5) is 28.8. The minimum absolute atomic E-state index is 0.0618. The van der Waals surface area contributed by atoms with Crippen molar-refractivity contribution in [3.8, 4) is 0 Å². The molecule has 3 atom stereocenters. The predicted molar refractivity (Wildman–Crippen MR) is 98.7 cm³/mol. The molecule has 0 aliphatic carbocycles. The zero-order chi connectivity index (χ0) is 18.5. The maximum Gasteiger partial charge on any atom is 0.250 e. The van der Waals surface area contributed by atoms with Gasteiger partial charge in [0.25, 0.3) is 0 Å². The van der Waals surface area contributed by atoms with Crippen LogP contribution in [0.3, 0.4) is 0 Å². The Bertz CT molecular complexity index is 748. The lowest BCUT2D eigenvalue weighted by molar-refractivity contribution is -0.138. The standard InChI is InChI=1S/C20H27N3O3/c1-19(2,12-26-3)22-17(24)15-11-13-7-6-10-23(13)20(15)14-8-4-5-9-16(14)21-18(20)25/h4-5,8-9,13,15H,6-7,10-12H2,1-3H3,(H,21,25)(H,22,24)/t13-,15+,20+/m1/s1. The number of fused-ring (bicyclic) bond motifs is 4. The molecule has 2 amide bonds. The van der Waals surface area contributed by atoms with Crippen LogP contribution < -0.4 is 10.6 Å². The van der Waals surface area contributed by atoms with Gasteiger partial charge in [-0.3, -0.25) is 14.5 Å². The largest absolute Gasteiger partial charge is 0.382 e. The van der Waals surface area contributed by atoms with Gasteiger partial charge >= 0.3 is 0 Å². The molecule has 2 fully saturated rings. The molecule has 4 rings (SSSR count). The fraction of sp³-hybridized carbons (Fsp3) is 0.600. The summed E-state index contributed by atoms with van der Waals surface area (Å²) in [6.45, 7) is 5.17. The first-order chi connectivity index (χ1) is 12.4. The highest BCUT2D eigenvalue weighted by Gasteiger charge is 2.65. The molecule has 0 radical (unpaired) electrons. The molecule has 1 spiro atoms. The van der Waals surface area contributed by atoms with Crippen LogP contribution in [0.4, 0.5) is 5.69 Å². The molecular weight excluding hydrogens is 330 g/mol. The Hall–Kier alpha value is -1.92. The van der Waals surface area contributed by atoms with Gasteiger partial charge < -0.3 is 15.4 Å². The van der Waals surface area contributed by atoms with Crippen LogP contribution in [0.5, 0.6) is 0 Å². The number of carbonyl (C=O) groups excluding carboxylic acids is 2. The first-order valence-electron chi connectivity index (χ1n) is 9.39. The van der Waals surface area contributed by atoms with Gasteiger partial charge in [-0.1, -0.05) is 18.2 Å². The van der Waals surface area contributed by atoms with Crippen LogP contribution in [0.2, 0.25) is 0 Å².